The molecule has 0 radical (unpaired) electrons. The van der Waals surface area contributed by atoms with Gasteiger partial charge < -0.3 is 15.5 Å². The lowest BCUT2D eigenvalue weighted by atomic mass is 10.4. The molecule has 7 heteroatoms. The predicted octanol–water partition coefficient (Wildman–Crippen LogP) is -0.0465. The van der Waals surface area contributed by atoms with Gasteiger partial charge in [-0.1, -0.05) is 6.92 Å². The molecule has 7 nitrogen and oxygen atoms in total. The number of hydrogen-bond donors (Lipinski definition) is 2. The number of rotatable bonds is 6. The lowest BCUT2D eigenvalue weighted by Crippen LogP contribution is -2.43. The SMILES string of the molecule is CCCNC(=NCc1ccnn1C)NCC(=O)N(C)C. The van der Waals surface area contributed by atoms with E-state index in [2.05, 4.69) is 27.6 Å². The third-order valence-corrected chi connectivity index (χ3v) is 2.77. The second kappa shape index (κ2) is 8.19. The molecule has 1 aromatic heterocycles. The van der Waals surface area contributed by atoms with Gasteiger partial charge in [0, 0.05) is 33.9 Å². The van der Waals surface area contributed by atoms with Crippen molar-refractivity contribution in [2.45, 2.75) is 19.9 Å². The highest BCUT2D eigenvalue weighted by molar-refractivity contribution is 5.86. The highest BCUT2D eigenvalue weighted by Gasteiger charge is 2.05. The number of carbonyl (C=O) groups is 1. The molecule has 1 heterocycles. The summed E-state index contributed by atoms with van der Waals surface area (Å²) in [5.74, 6) is 0.653. The zero-order valence-corrected chi connectivity index (χ0v) is 12.7. The average molecular weight is 280 g/mol. The molecule has 2 N–H and O–H groups in total. The molecule has 0 aliphatic heterocycles. The first kappa shape index (κ1) is 16.0. The number of hydrogen-bond acceptors (Lipinski definition) is 3. The molecular formula is C13H24N6O. The van der Waals surface area contributed by atoms with Gasteiger partial charge in [0.1, 0.15) is 0 Å². The second-order valence-corrected chi connectivity index (χ2v) is 4.68. The predicted molar refractivity (Wildman–Crippen MR) is 79.3 cm³/mol. The largest absolute Gasteiger partial charge is 0.356 e. The molecule has 0 aliphatic rings. The molecule has 1 aromatic rings. The molecule has 1 amide bonds. The average Bonchev–Trinajstić information content (AvgIpc) is 2.83. The first-order chi connectivity index (χ1) is 9.54. The summed E-state index contributed by atoms with van der Waals surface area (Å²) in [5.41, 5.74) is 1.02. The molecular weight excluding hydrogens is 256 g/mol. The Hall–Kier alpha value is -2.05. The molecule has 1 rings (SSSR count). The van der Waals surface area contributed by atoms with Crippen LogP contribution in [0.2, 0.25) is 0 Å². The van der Waals surface area contributed by atoms with Crippen LogP contribution in [0, 0.1) is 0 Å². The normalized spacial score (nSPS) is 11.3. The van der Waals surface area contributed by atoms with E-state index in [-0.39, 0.29) is 12.5 Å². The summed E-state index contributed by atoms with van der Waals surface area (Å²) in [7, 11) is 5.35. The molecule has 0 bridgehead atoms. The van der Waals surface area contributed by atoms with Crippen LogP contribution in [0.1, 0.15) is 19.0 Å². The van der Waals surface area contributed by atoms with Crippen LogP contribution < -0.4 is 10.6 Å². The van der Waals surface area contributed by atoms with Gasteiger partial charge in [-0.15, -0.1) is 0 Å². The van der Waals surface area contributed by atoms with Crippen LogP contribution in [0.5, 0.6) is 0 Å². The van der Waals surface area contributed by atoms with Gasteiger partial charge in [-0.25, -0.2) is 4.99 Å². The zero-order chi connectivity index (χ0) is 15.0. The molecule has 0 aromatic carbocycles. The lowest BCUT2D eigenvalue weighted by molar-refractivity contribution is -0.127. The van der Waals surface area contributed by atoms with Gasteiger partial charge in [0.2, 0.25) is 5.91 Å². The molecule has 0 fully saturated rings. The van der Waals surface area contributed by atoms with Crippen LogP contribution in [-0.2, 0) is 18.4 Å². The number of amides is 1. The Kier molecular flexibility index (Phi) is 6.55. The van der Waals surface area contributed by atoms with Crippen molar-refractivity contribution in [2.75, 3.05) is 27.2 Å². The maximum Gasteiger partial charge on any atom is 0.241 e. The van der Waals surface area contributed by atoms with Crippen molar-refractivity contribution in [1.82, 2.24) is 25.3 Å². The number of carbonyl (C=O) groups excluding carboxylic acids is 1. The number of aromatic nitrogens is 2. The van der Waals surface area contributed by atoms with Gasteiger partial charge in [0.25, 0.3) is 0 Å². The van der Waals surface area contributed by atoms with E-state index in [0.717, 1.165) is 18.7 Å². The Labute approximate surface area is 120 Å². The first-order valence-electron chi connectivity index (χ1n) is 6.73. The fourth-order valence-corrected chi connectivity index (χ4v) is 1.45. The van der Waals surface area contributed by atoms with Crippen molar-refractivity contribution >= 4 is 11.9 Å². The summed E-state index contributed by atoms with van der Waals surface area (Å²) < 4.78 is 1.78. The quantitative estimate of drug-likeness (QED) is 0.566. The third kappa shape index (κ3) is 5.29. The number of guanidine groups is 1. The van der Waals surface area contributed by atoms with E-state index in [1.165, 1.54) is 0 Å². The van der Waals surface area contributed by atoms with Gasteiger partial charge in [-0.05, 0) is 12.5 Å². The van der Waals surface area contributed by atoms with Crippen LogP contribution in [0.4, 0.5) is 0 Å². The fraction of sp³-hybridized carbons (Fsp3) is 0.615. The van der Waals surface area contributed by atoms with Crippen LogP contribution in [-0.4, -0.2) is 53.7 Å². The summed E-state index contributed by atoms with van der Waals surface area (Å²) in [6, 6.07) is 1.92. The topological polar surface area (TPSA) is 74.5 Å². The van der Waals surface area contributed by atoms with E-state index in [1.54, 1.807) is 29.9 Å². The van der Waals surface area contributed by atoms with Crippen LogP contribution >= 0.6 is 0 Å². The van der Waals surface area contributed by atoms with E-state index in [1.807, 2.05) is 13.1 Å². The zero-order valence-electron chi connectivity index (χ0n) is 12.7. The van der Waals surface area contributed by atoms with E-state index in [9.17, 15) is 4.79 Å². The molecule has 0 atom stereocenters. The van der Waals surface area contributed by atoms with Crippen molar-refractivity contribution in [3.63, 3.8) is 0 Å². The smallest absolute Gasteiger partial charge is 0.241 e. The van der Waals surface area contributed by atoms with E-state index in [4.69, 9.17) is 0 Å². The van der Waals surface area contributed by atoms with Gasteiger partial charge >= 0.3 is 0 Å². The van der Waals surface area contributed by atoms with E-state index in [0.29, 0.717) is 12.5 Å². The van der Waals surface area contributed by atoms with Gasteiger partial charge in [-0.3, -0.25) is 9.48 Å². The van der Waals surface area contributed by atoms with Crippen LogP contribution in [0.15, 0.2) is 17.3 Å². The number of likely N-dealkylation sites (N-methyl/N-ethyl adjacent to an activating group) is 1. The highest BCUT2D eigenvalue weighted by Crippen LogP contribution is 1.97. The van der Waals surface area contributed by atoms with Crippen molar-refractivity contribution in [3.8, 4) is 0 Å². The monoisotopic (exact) mass is 280 g/mol. The summed E-state index contributed by atoms with van der Waals surface area (Å²) >= 11 is 0. The van der Waals surface area contributed by atoms with E-state index >= 15 is 0 Å². The molecule has 20 heavy (non-hydrogen) atoms. The van der Waals surface area contributed by atoms with Gasteiger partial charge in [0.05, 0.1) is 18.8 Å². The van der Waals surface area contributed by atoms with Crippen molar-refractivity contribution in [2.24, 2.45) is 12.0 Å². The maximum absolute atomic E-state index is 11.6. The minimum absolute atomic E-state index is 0.0107. The first-order valence-corrected chi connectivity index (χ1v) is 6.73. The number of nitrogens with zero attached hydrogens (tertiary/aromatic N) is 4. The minimum atomic E-state index is 0.0107. The van der Waals surface area contributed by atoms with Crippen molar-refractivity contribution in [3.05, 3.63) is 18.0 Å². The minimum Gasteiger partial charge on any atom is -0.356 e. The molecule has 0 saturated heterocycles. The number of nitrogens with one attached hydrogen (secondary N) is 2. The highest BCUT2D eigenvalue weighted by atomic mass is 16.2. The number of aliphatic imine (C=N–C) groups is 1. The Morgan fingerprint density at radius 3 is 2.75 bits per heavy atom. The van der Waals surface area contributed by atoms with E-state index < -0.39 is 0 Å². The van der Waals surface area contributed by atoms with Crippen molar-refractivity contribution < 1.29 is 4.79 Å². The molecule has 0 unspecified atom stereocenters. The summed E-state index contributed by atoms with van der Waals surface area (Å²) in [6.07, 6.45) is 2.74. The standard InChI is InChI=1S/C13H24N6O/c1-5-7-14-13(16-10-12(20)18(2)3)15-9-11-6-8-17-19(11)4/h6,8H,5,7,9-10H2,1-4H3,(H2,14,15,16). The molecule has 112 valence electrons. The lowest BCUT2D eigenvalue weighted by Gasteiger charge is -2.14. The van der Waals surface area contributed by atoms with Crippen LogP contribution in [0.25, 0.3) is 0 Å². The third-order valence-electron chi connectivity index (χ3n) is 2.77. The summed E-state index contributed by atoms with van der Waals surface area (Å²) in [4.78, 5) is 17.6. The maximum atomic E-state index is 11.6. The van der Waals surface area contributed by atoms with Crippen molar-refractivity contribution in [1.29, 1.82) is 0 Å². The molecule has 0 spiro atoms. The molecule has 0 aliphatic carbocycles. The Morgan fingerprint density at radius 1 is 1.45 bits per heavy atom. The van der Waals surface area contributed by atoms with Gasteiger partial charge in [-0.2, -0.15) is 5.10 Å². The second-order valence-electron chi connectivity index (χ2n) is 4.68. The molecule has 0 saturated carbocycles. The Bertz CT molecular complexity index is 451. The van der Waals surface area contributed by atoms with Crippen LogP contribution in [0.3, 0.4) is 0 Å². The summed E-state index contributed by atoms with van der Waals surface area (Å²) in [6.45, 7) is 3.64. The van der Waals surface area contributed by atoms with Gasteiger partial charge in [0.15, 0.2) is 5.96 Å². The Balaban J connectivity index is 2.58. The Morgan fingerprint density at radius 2 is 2.20 bits per heavy atom. The number of aryl methyl sites for hydroxylation is 1. The summed E-state index contributed by atoms with van der Waals surface area (Å²) in [5, 5.41) is 10.3. The fourth-order valence-electron chi connectivity index (χ4n) is 1.45.